The second kappa shape index (κ2) is 6.25. The number of halogens is 3. The Bertz CT molecular complexity index is 538. The zero-order valence-electron chi connectivity index (χ0n) is 10.6. The van der Waals surface area contributed by atoms with Gasteiger partial charge in [0.25, 0.3) is 5.91 Å². The molecular weight excluding hydrogens is 277 g/mol. The molecule has 0 aliphatic carbocycles. The summed E-state index contributed by atoms with van der Waals surface area (Å²) in [7, 11) is 1.34. The minimum Gasteiger partial charge on any atom is -0.404 e. The molecule has 1 atom stereocenters. The van der Waals surface area contributed by atoms with Crippen molar-refractivity contribution in [3.05, 3.63) is 23.8 Å². The molecule has 1 aromatic carbocycles. The first-order chi connectivity index (χ1) is 9.26. The molecule has 0 saturated carbocycles. The average molecular weight is 288 g/mol. The van der Waals surface area contributed by atoms with Crippen LogP contribution in [0.5, 0.6) is 5.75 Å². The van der Waals surface area contributed by atoms with E-state index in [2.05, 4.69) is 10.1 Å². The highest BCUT2D eigenvalue weighted by Crippen LogP contribution is 2.28. The lowest BCUT2D eigenvalue weighted by Crippen LogP contribution is -2.26. The lowest BCUT2D eigenvalue weighted by molar-refractivity contribution is -0.274. The fraction of sp³-hybridized carbons (Fsp3) is 0.333. The number of nitrogens with zero attached hydrogens (tertiary/aromatic N) is 1. The van der Waals surface area contributed by atoms with Crippen molar-refractivity contribution in [2.75, 3.05) is 12.4 Å². The topological polar surface area (TPSA) is 71.3 Å². The molecule has 1 N–H and O–H groups in total. The maximum Gasteiger partial charge on any atom is 0.573 e. The first-order valence-corrected chi connectivity index (χ1v) is 5.40. The third kappa shape index (κ3) is 4.44. The summed E-state index contributed by atoms with van der Waals surface area (Å²) in [6, 6.07) is 4.81. The van der Waals surface area contributed by atoms with Gasteiger partial charge in [-0.2, -0.15) is 5.26 Å². The van der Waals surface area contributed by atoms with Crippen LogP contribution < -0.4 is 10.1 Å². The largest absolute Gasteiger partial charge is 0.573 e. The van der Waals surface area contributed by atoms with E-state index in [0.717, 1.165) is 12.1 Å². The van der Waals surface area contributed by atoms with Crippen molar-refractivity contribution >= 4 is 11.6 Å². The number of benzene rings is 1. The molecule has 0 spiro atoms. The van der Waals surface area contributed by atoms with Crippen molar-refractivity contribution in [2.24, 2.45) is 0 Å². The molecule has 0 heterocycles. The van der Waals surface area contributed by atoms with Gasteiger partial charge in [-0.3, -0.25) is 4.79 Å². The third-order valence-corrected chi connectivity index (χ3v) is 2.32. The molecule has 0 saturated heterocycles. The predicted octanol–water partition coefficient (Wildman–Crippen LogP) is 2.43. The summed E-state index contributed by atoms with van der Waals surface area (Å²) >= 11 is 0. The van der Waals surface area contributed by atoms with Gasteiger partial charge in [-0.15, -0.1) is 13.2 Å². The van der Waals surface area contributed by atoms with Gasteiger partial charge in [0.1, 0.15) is 17.9 Å². The van der Waals surface area contributed by atoms with E-state index in [1.807, 2.05) is 0 Å². The number of nitrogens with one attached hydrogen (secondary N) is 1. The molecule has 5 nitrogen and oxygen atoms in total. The first kappa shape index (κ1) is 15.8. The van der Waals surface area contributed by atoms with E-state index in [9.17, 15) is 18.0 Å². The highest BCUT2D eigenvalue weighted by molar-refractivity contribution is 5.94. The number of rotatable bonds is 4. The Morgan fingerprint density at radius 1 is 1.45 bits per heavy atom. The molecular formula is C12H11F3N2O3. The fourth-order valence-corrected chi connectivity index (χ4v) is 1.26. The summed E-state index contributed by atoms with van der Waals surface area (Å²) in [6.07, 6.45) is -5.62. The van der Waals surface area contributed by atoms with Gasteiger partial charge in [0.15, 0.2) is 0 Å². The van der Waals surface area contributed by atoms with Gasteiger partial charge < -0.3 is 14.8 Å². The van der Waals surface area contributed by atoms with Crippen LogP contribution in [-0.4, -0.2) is 25.5 Å². The Labute approximate surface area is 112 Å². The molecule has 108 valence electrons. The molecule has 1 rings (SSSR count). The molecule has 1 amide bonds. The number of nitriles is 1. The van der Waals surface area contributed by atoms with E-state index in [4.69, 9.17) is 10.00 Å². The number of anilines is 1. The quantitative estimate of drug-likeness (QED) is 0.923. The van der Waals surface area contributed by atoms with Crippen LogP contribution in [0.15, 0.2) is 18.2 Å². The molecule has 0 aliphatic rings. The standard InChI is InChI=1S/C12H11F3N2O3/c1-7(19-2)11(18)17-9-3-4-10(8(5-9)6-16)20-12(13,14)15/h3-5,7H,1-2H3,(H,17,18). The normalized spacial score (nSPS) is 12.4. The fourth-order valence-electron chi connectivity index (χ4n) is 1.26. The van der Waals surface area contributed by atoms with Crippen molar-refractivity contribution in [1.29, 1.82) is 5.26 Å². The van der Waals surface area contributed by atoms with E-state index < -0.39 is 24.1 Å². The van der Waals surface area contributed by atoms with E-state index in [0.29, 0.717) is 0 Å². The van der Waals surface area contributed by atoms with Gasteiger partial charge in [0, 0.05) is 12.8 Å². The summed E-state index contributed by atoms with van der Waals surface area (Å²) < 4.78 is 44.8. The summed E-state index contributed by atoms with van der Waals surface area (Å²) in [5, 5.41) is 11.2. The van der Waals surface area contributed by atoms with Crippen LogP contribution in [0.4, 0.5) is 18.9 Å². The zero-order chi connectivity index (χ0) is 15.3. The van der Waals surface area contributed by atoms with E-state index in [1.54, 1.807) is 6.07 Å². The number of methoxy groups -OCH3 is 1. The predicted molar refractivity (Wildman–Crippen MR) is 62.9 cm³/mol. The van der Waals surface area contributed by atoms with Gasteiger partial charge in [0.05, 0.1) is 5.56 Å². The second-order valence-electron chi connectivity index (χ2n) is 3.74. The molecule has 0 bridgehead atoms. The molecule has 0 aliphatic heterocycles. The van der Waals surface area contributed by atoms with Crippen molar-refractivity contribution in [3.63, 3.8) is 0 Å². The lowest BCUT2D eigenvalue weighted by atomic mass is 10.2. The second-order valence-corrected chi connectivity index (χ2v) is 3.74. The minimum atomic E-state index is -4.89. The van der Waals surface area contributed by atoms with Crippen molar-refractivity contribution in [2.45, 2.75) is 19.4 Å². The summed E-state index contributed by atoms with van der Waals surface area (Å²) in [5.41, 5.74) is -0.171. The molecule has 1 aromatic rings. The molecule has 8 heteroatoms. The summed E-state index contributed by atoms with van der Waals surface area (Å²) in [5.74, 6) is -1.11. The van der Waals surface area contributed by atoms with Crippen molar-refractivity contribution in [1.82, 2.24) is 0 Å². The van der Waals surface area contributed by atoms with Crippen LogP contribution in [0, 0.1) is 11.3 Å². The van der Waals surface area contributed by atoms with Gasteiger partial charge in [-0.25, -0.2) is 0 Å². The summed E-state index contributed by atoms with van der Waals surface area (Å²) in [4.78, 5) is 11.5. The van der Waals surface area contributed by atoms with E-state index in [-0.39, 0.29) is 11.3 Å². The Morgan fingerprint density at radius 2 is 2.10 bits per heavy atom. The third-order valence-electron chi connectivity index (χ3n) is 2.32. The number of alkyl halides is 3. The number of hydrogen-bond donors (Lipinski definition) is 1. The van der Waals surface area contributed by atoms with E-state index in [1.165, 1.54) is 20.1 Å². The molecule has 0 radical (unpaired) electrons. The summed E-state index contributed by atoms with van der Waals surface area (Å²) in [6.45, 7) is 1.50. The van der Waals surface area contributed by atoms with Gasteiger partial charge in [-0.1, -0.05) is 0 Å². The van der Waals surface area contributed by atoms with Crippen LogP contribution in [0.2, 0.25) is 0 Å². The smallest absolute Gasteiger partial charge is 0.404 e. The van der Waals surface area contributed by atoms with Gasteiger partial charge >= 0.3 is 6.36 Å². The molecule has 1 unspecified atom stereocenters. The van der Waals surface area contributed by atoms with Crippen LogP contribution in [-0.2, 0) is 9.53 Å². The molecule has 20 heavy (non-hydrogen) atoms. The monoisotopic (exact) mass is 288 g/mol. The van der Waals surface area contributed by atoms with Crippen molar-refractivity contribution in [3.8, 4) is 11.8 Å². The van der Waals surface area contributed by atoms with Crippen LogP contribution >= 0.6 is 0 Å². The number of ether oxygens (including phenoxy) is 2. The van der Waals surface area contributed by atoms with Gasteiger partial charge in [-0.05, 0) is 25.1 Å². The maximum absolute atomic E-state index is 12.1. The molecule has 0 aromatic heterocycles. The van der Waals surface area contributed by atoms with Crippen LogP contribution in [0.1, 0.15) is 12.5 Å². The number of amides is 1. The highest BCUT2D eigenvalue weighted by atomic mass is 19.4. The number of carbonyl (C=O) groups excluding carboxylic acids is 1. The van der Waals surface area contributed by atoms with Gasteiger partial charge in [0.2, 0.25) is 0 Å². The minimum absolute atomic E-state index is 0.171. The Hall–Kier alpha value is -2.27. The average Bonchev–Trinajstić information content (AvgIpc) is 2.37. The van der Waals surface area contributed by atoms with Crippen LogP contribution in [0.25, 0.3) is 0 Å². The van der Waals surface area contributed by atoms with Crippen LogP contribution in [0.3, 0.4) is 0 Å². The molecule has 0 fully saturated rings. The SMILES string of the molecule is COC(C)C(=O)Nc1ccc(OC(F)(F)F)c(C#N)c1. The Balaban J connectivity index is 2.94. The Morgan fingerprint density at radius 3 is 2.60 bits per heavy atom. The Kier molecular flexibility index (Phi) is 4.94. The first-order valence-electron chi connectivity index (χ1n) is 5.40. The number of carbonyl (C=O) groups is 1. The number of hydrogen-bond acceptors (Lipinski definition) is 4. The highest BCUT2D eigenvalue weighted by Gasteiger charge is 2.32. The van der Waals surface area contributed by atoms with Crippen molar-refractivity contribution < 1.29 is 27.4 Å². The zero-order valence-corrected chi connectivity index (χ0v) is 10.6. The lowest BCUT2D eigenvalue weighted by Gasteiger charge is -2.13. The van der Waals surface area contributed by atoms with E-state index >= 15 is 0 Å². The maximum atomic E-state index is 12.1.